The molecule has 0 unspecified atom stereocenters. The van der Waals surface area contributed by atoms with E-state index in [-0.39, 0.29) is 18.2 Å². The molecule has 3 aromatic rings. The fourth-order valence-corrected chi connectivity index (χ4v) is 5.25. The van der Waals surface area contributed by atoms with Gasteiger partial charge in [-0.05, 0) is 43.7 Å². The first-order valence-corrected chi connectivity index (χ1v) is 12.3. The summed E-state index contributed by atoms with van der Waals surface area (Å²) in [4.78, 5) is 29.4. The number of nitrogens with two attached hydrogens (primary N) is 1. The van der Waals surface area contributed by atoms with Crippen molar-refractivity contribution >= 4 is 28.1 Å². The summed E-state index contributed by atoms with van der Waals surface area (Å²) in [7, 11) is 2.16. The summed E-state index contributed by atoms with van der Waals surface area (Å²) in [5.41, 5.74) is 10.8. The number of nitrogens with zero attached hydrogens (tertiary/aromatic N) is 5. The van der Waals surface area contributed by atoms with Crippen molar-refractivity contribution in [3.05, 3.63) is 60.0 Å². The molecule has 4 heterocycles. The van der Waals surface area contributed by atoms with Gasteiger partial charge in [-0.2, -0.15) is 0 Å². The number of Topliss-reactive ketones (excluding diaryl/α,β-unsaturated/α-hetero) is 1. The van der Waals surface area contributed by atoms with Gasteiger partial charge in [-0.3, -0.25) is 9.78 Å². The monoisotopic (exact) mass is 458 g/mol. The van der Waals surface area contributed by atoms with Gasteiger partial charge < -0.3 is 20.4 Å². The van der Waals surface area contributed by atoms with E-state index >= 15 is 0 Å². The van der Waals surface area contributed by atoms with Crippen LogP contribution < -0.4 is 15.5 Å². The van der Waals surface area contributed by atoms with Crippen LogP contribution in [0, 0.1) is 5.92 Å². The SMILES string of the molecule is C[C@@H]1C[C@H](N)CN(c2ccncc2CC(=O)c2ccc3ccc(N4CCN(C)CC4)cc3n2)C1. The molecule has 2 aliphatic rings. The topological polar surface area (TPSA) is 78.6 Å². The molecule has 2 aromatic heterocycles. The zero-order valence-electron chi connectivity index (χ0n) is 20.2. The second-order valence-electron chi connectivity index (χ2n) is 9.97. The predicted molar refractivity (Wildman–Crippen MR) is 138 cm³/mol. The fourth-order valence-electron chi connectivity index (χ4n) is 5.25. The quantitative estimate of drug-likeness (QED) is 0.589. The number of piperidine rings is 1. The molecular weight excluding hydrogens is 424 g/mol. The van der Waals surface area contributed by atoms with Crippen molar-refractivity contribution in [2.45, 2.75) is 25.8 Å². The first-order valence-electron chi connectivity index (χ1n) is 12.3. The normalized spacial score (nSPS) is 21.7. The molecule has 7 nitrogen and oxygen atoms in total. The van der Waals surface area contributed by atoms with Crippen LogP contribution in [0.15, 0.2) is 48.8 Å². The van der Waals surface area contributed by atoms with Crippen LogP contribution in [0.4, 0.5) is 11.4 Å². The summed E-state index contributed by atoms with van der Waals surface area (Å²) in [6.07, 6.45) is 4.92. The van der Waals surface area contributed by atoms with Crippen molar-refractivity contribution in [1.29, 1.82) is 0 Å². The van der Waals surface area contributed by atoms with Crippen LogP contribution in [0.2, 0.25) is 0 Å². The minimum atomic E-state index is 0.00973. The molecule has 0 bridgehead atoms. The summed E-state index contributed by atoms with van der Waals surface area (Å²) in [6, 6.07) is 12.4. The van der Waals surface area contributed by atoms with E-state index < -0.39 is 0 Å². The predicted octanol–water partition coefficient (Wildman–Crippen LogP) is 2.98. The number of carbonyl (C=O) groups excluding carboxylic acids is 1. The lowest BCUT2D eigenvalue weighted by atomic mass is 9.95. The molecule has 5 rings (SSSR count). The zero-order valence-corrected chi connectivity index (χ0v) is 20.2. The molecule has 7 heteroatoms. The third-order valence-corrected chi connectivity index (χ3v) is 7.09. The van der Waals surface area contributed by atoms with Gasteiger partial charge in [0.25, 0.3) is 0 Å². The van der Waals surface area contributed by atoms with E-state index in [9.17, 15) is 4.79 Å². The highest BCUT2D eigenvalue weighted by molar-refractivity contribution is 5.98. The first-order chi connectivity index (χ1) is 16.5. The molecule has 0 spiro atoms. The van der Waals surface area contributed by atoms with Crippen molar-refractivity contribution in [3.8, 4) is 0 Å². The van der Waals surface area contributed by atoms with Crippen LogP contribution in [0.25, 0.3) is 10.9 Å². The third-order valence-electron chi connectivity index (χ3n) is 7.09. The lowest BCUT2D eigenvalue weighted by molar-refractivity contribution is 0.0988. The van der Waals surface area contributed by atoms with E-state index in [0.717, 1.165) is 67.8 Å². The number of likely N-dealkylation sites (N-methyl/N-ethyl adjacent to an activating group) is 1. The molecule has 178 valence electrons. The fraction of sp³-hybridized carbons (Fsp3) is 0.444. The number of hydrogen-bond acceptors (Lipinski definition) is 7. The maximum Gasteiger partial charge on any atom is 0.185 e. The van der Waals surface area contributed by atoms with Crippen molar-refractivity contribution in [3.63, 3.8) is 0 Å². The molecule has 2 fully saturated rings. The summed E-state index contributed by atoms with van der Waals surface area (Å²) in [5.74, 6) is 0.535. The summed E-state index contributed by atoms with van der Waals surface area (Å²) >= 11 is 0. The highest BCUT2D eigenvalue weighted by Crippen LogP contribution is 2.27. The van der Waals surface area contributed by atoms with Crippen LogP contribution in [0.1, 0.15) is 29.4 Å². The Hall–Kier alpha value is -3.03. The van der Waals surface area contributed by atoms with Gasteiger partial charge >= 0.3 is 0 Å². The van der Waals surface area contributed by atoms with Gasteiger partial charge in [0.05, 0.1) is 5.52 Å². The van der Waals surface area contributed by atoms with Crippen LogP contribution in [-0.4, -0.2) is 73.0 Å². The lowest BCUT2D eigenvalue weighted by Gasteiger charge is -2.37. The third kappa shape index (κ3) is 4.91. The highest BCUT2D eigenvalue weighted by atomic mass is 16.1. The smallest absolute Gasteiger partial charge is 0.185 e. The molecule has 0 amide bonds. The van der Waals surface area contributed by atoms with Gasteiger partial charge in [-0.25, -0.2) is 4.98 Å². The van der Waals surface area contributed by atoms with E-state index in [0.29, 0.717) is 11.6 Å². The summed E-state index contributed by atoms with van der Waals surface area (Å²) in [5, 5.41) is 1.05. The Balaban J connectivity index is 1.37. The zero-order chi connectivity index (χ0) is 23.7. The number of rotatable bonds is 5. The number of benzene rings is 1. The number of piperazine rings is 1. The maximum absolute atomic E-state index is 13.3. The Morgan fingerprint density at radius 2 is 1.85 bits per heavy atom. The molecule has 0 aliphatic carbocycles. The van der Waals surface area contributed by atoms with Crippen LogP contribution in [0.3, 0.4) is 0 Å². The summed E-state index contributed by atoms with van der Waals surface area (Å²) < 4.78 is 0. The van der Waals surface area contributed by atoms with Gasteiger partial charge in [0, 0.05) is 86.4 Å². The van der Waals surface area contributed by atoms with Crippen molar-refractivity contribution < 1.29 is 4.79 Å². The Morgan fingerprint density at radius 1 is 1.06 bits per heavy atom. The number of aromatic nitrogens is 2. The molecule has 0 radical (unpaired) electrons. The van der Waals surface area contributed by atoms with E-state index in [1.807, 2.05) is 24.4 Å². The van der Waals surface area contributed by atoms with Crippen molar-refractivity contribution in [2.24, 2.45) is 11.7 Å². The lowest BCUT2D eigenvalue weighted by Crippen LogP contribution is -2.46. The van der Waals surface area contributed by atoms with Crippen molar-refractivity contribution in [1.82, 2.24) is 14.9 Å². The Bertz CT molecular complexity index is 1160. The van der Waals surface area contributed by atoms with E-state index in [2.05, 4.69) is 51.9 Å². The molecule has 1 aromatic carbocycles. The van der Waals surface area contributed by atoms with Crippen LogP contribution in [0.5, 0.6) is 0 Å². The van der Waals surface area contributed by atoms with Gasteiger partial charge in [0.1, 0.15) is 5.69 Å². The molecular formula is C27H34N6O. The number of anilines is 2. The van der Waals surface area contributed by atoms with Gasteiger partial charge in [-0.15, -0.1) is 0 Å². The van der Waals surface area contributed by atoms with Gasteiger partial charge in [-0.1, -0.05) is 19.1 Å². The summed E-state index contributed by atoms with van der Waals surface area (Å²) in [6.45, 7) is 8.09. The van der Waals surface area contributed by atoms with Crippen LogP contribution in [-0.2, 0) is 6.42 Å². The minimum absolute atomic E-state index is 0.00973. The largest absolute Gasteiger partial charge is 0.369 e. The maximum atomic E-state index is 13.3. The molecule has 0 saturated carbocycles. The highest BCUT2D eigenvalue weighted by Gasteiger charge is 2.25. The number of fused-ring (bicyclic) bond motifs is 1. The number of hydrogen-bond donors (Lipinski definition) is 1. The average molecular weight is 459 g/mol. The number of ketones is 1. The number of pyridine rings is 2. The Kier molecular flexibility index (Phi) is 6.48. The second-order valence-corrected chi connectivity index (χ2v) is 9.97. The average Bonchev–Trinajstić information content (AvgIpc) is 2.83. The van der Waals surface area contributed by atoms with E-state index in [4.69, 9.17) is 10.7 Å². The Labute approximate surface area is 201 Å². The molecule has 2 saturated heterocycles. The first kappa shape index (κ1) is 22.7. The molecule has 2 N–H and O–H groups in total. The van der Waals surface area contributed by atoms with Crippen LogP contribution >= 0.6 is 0 Å². The van der Waals surface area contributed by atoms with Gasteiger partial charge in [0.2, 0.25) is 0 Å². The minimum Gasteiger partial charge on any atom is -0.369 e. The molecule has 34 heavy (non-hydrogen) atoms. The van der Waals surface area contributed by atoms with E-state index in [1.54, 1.807) is 6.20 Å². The second kappa shape index (κ2) is 9.68. The van der Waals surface area contributed by atoms with E-state index in [1.165, 1.54) is 5.69 Å². The number of carbonyl (C=O) groups is 1. The Morgan fingerprint density at radius 3 is 2.65 bits per heavy atom. The van der Waals surface area contributed by atoms with Gasteiger partial charge in [0.15, 0.2) is 5.78 Å². The standard InChI is InChI=1S/C27H34N6O/c1-19-13-22(28)18-33(17-19)26-7-8-29-16-21(26)14-27(34)24-6-4-20-3-5-23(15-25(20)30-24)32-11-9-31(2)10-12-32/h3-8,15-16,19,22H,9-14,17-18,28H2,1-2H3/t19-,22+/m1/s1. The molecule has 2 atom stereocenters. The van der Waals surface area contributed by atoms with Crippen molar-refractivity contribution in [2.75, 3.05) is 56.1 Å². The molecule has 2 aliphatic heterocycles.